The van der Waals surface area contributed by atoms with E-state index in [2.05, 4.69) is 64.2 Å². The zero-order valence-corrected chi connectivity index (χ0v) is 19.0. The first-order chi connectivity index (χ1) is 12.6. The molecule has 4 rings (SSSR count). The van der Waals surface area contributed by atoms with Gasteiger partial charge in [-0.05, 0) is 39.0 Å². The van der Waals surface area contributed by atoms with Gasteiger partial charge in [-0.3, -0.25) is 9.69 Å². The summed E-state index contributed by atoms with van der Waals surface area (Å²) in [6, 6.07) is 8.39. The molecule has 156 valence electrons. The molecule has 1 spiro atoms. The van der Waals surface area contributed by atoms with Crippen molar-refractivity contribution in [2.45, 2.75) is 23.3 Å². The van der Waals surface area contributed by atoms with Gasteiger partial charge in [0.1, 0.15) is 0 Å². The van der Waals surface area contributed by atoms with Crippen LogP contribution in [0.15, 0.2) is 35.4 Å². The minimum Gasteiger partial charge on any atom is -0.349 e. The smallest absolute Gasteiger partial charge is 0.233 e. The Hall–Kier alpha value is -0.920. The van der Waals surface area contributed by atoms with Crippen LogP contribution in [-0.4, -0.2) is 71.3 Å². The number of amides is 1. The number of likely N-dealkylation sites (N-methyl/N-ethyl adjacent to an activating group) is 1. The Bertz CT molecular complexity index is 807. The summed E-state index contributed by atoms with van der Waals surface area (Å²) in [7, 11) is 4.29. The van der Waals surface area contributed by atoms with E-state index >= 15 is 0 Å². The minimum atomic E-state index is 0. The van der Waals surface area contributed by atoms with E-state index < -0.39 is 0 Å². The number of benzene rings is 1. The number of carbonyl (C=O) groups excluding carboxylic acids is 1. The number of piperidine rings is 1. The summed E-state index contributed by atoms with van der Waals surface area (Å²) in [6.07, 6.45) is 4.40. The topological polar surface area (TPSA) is 40.5 Å². The highest BCUT2D eigenvalue weighted by Crippen LogP contribution is 2.32. The number of hydrogen-bond donors (Lipinski definition) is 1. The predicted octanol–water partition coefficient (Wildman–Crippen LogP) is 3.01. The van der Waals surface area contributed by atoms with Crippen LogP contribution >= 0.6 is 36.6 Å². The monoisotopic (exact) mass is 444 g/mol. The van der Waals surface area contributed by atoms with Crippen LogP contribution in [0.3, 0.4) is 0 Å². The molecule has 0 unspecified atom stereocenters. The maximum atomic E-state index is 12.9. The number of thioether (sulfide) groups is 1. The van der Waals surface area contributed by atoms with Crippen LogP contribution < -0.4 is 5.32 Å². The third-order valence-electron chi connectivity index (χ3n) is 6.10. The van der Waals surface area contributed by atoms with Crippen molar-refractivity contribution >= 4 is 53.4 Å². The molecule has 0 atom stereocenters. The van der Waals surface area contributed by atoms with E-state index in [4.69, 9.17) is 0 Å². The molecule has 1 aromatic heterocycles. The van der Waals surface area contributed by atoms with Gasteiger partial charge in [0, 0.05) is 54.2 Å². The second-order valence-electron chi connectivity index (χ2n) is 7.62. The largest absolute Gasteiger partial charge is 0.349 e. The molecule has 0 radical (unpaired) electrons. The summed E-state index contributed by atoms with van der Waals surface area (Å²) in [5.74, 6) is 0.792. The van der Waals surface area contributed by atoms with Gasteiger partial charge in [-0.2, -0.15) is 0 Å². The van der Waals surface area contributed by atoms with Crippen molar-refractivity contribution in [2.75, 3.05) is 45.5 Å². The first kappa shape index (κ1) is 23.4. The van der Waals surface area contributed by atoms with Crippen molar-refractivity contribution in [3.8, 4) is 0 Å². The standard InChI is InChI=1S/C20H28N4OS.2ClH/c1-22-13-18(16-5-3-4-6-17(16)22)26-14-19(25)24-12-11-23(2)20(15-24)7-9-21-10-8-20;;/h3-6,13,21H,7-12,14-15H2,1-2H3;2*1H. The molecule has 2 saturated heterocycles. The molecule has 0 bridgehead atoms. The maximum absolute atomic E-state index is 12.9. The summed E-state index contributed by atoms with van der Waals surface area (Å²) < 4.78 is 2.14. The van der Waals surface area contributed by atoms with Gasteiger partial charge in [0.15, 0.2) is 0 Å². The average Bonchev–Trinajstić information content (AvgIpc) is 2.99. The second-order valence-corrected chi connectivity index (χ2v) is 8.64. The van der Waals surface area contributed by atoms with Gasteiger partial charge in [0.25, 0.3) is 0 Å². The van der Waals surface area contributed by atoms with E-state index in [0.717, 1.165) is 45.6 Å². The van der Waals surface area contributed by atoms with E-state index in [0.29, 0.717) is 5.75 Å². The van der Waals surface area contributed by atoms with E-state index in [9.17, 15) is 4.79 Å². The molecule has 3 heterocycles. The molecular weight excluding hydrogens is 415 g/mol. The molecular formula is C20H30Cl2N4OS. The SMILES string of the molecule is CN1CCN(C(=O)CSc2cn(C)c3ccccc23)CC12CCNCC2.Cl.Cl. The molecule has 1 aromatic carbocycles. The fraction of sp³-hybridized carbons (Fsp3) is 0.550. The van der Waals surface area contributed by atoms with E-state index in [-0.39, 0.29) is 36.3 Å². The Morgan fingerprint density at radius 2 is 1.86 bits per heavy atom. The number of fused-ring (bicyclic) bond motifs is 1. The molecule has 2 aliphatic rings. The van der Waals surface area contributed by atoms with Gasteiger partial charge in [-0.15, -0.1) is 36.6 Å². The fourth-order valence-electron chi connectivity index (χ4n) is 4.36. The number of carbonyl (C=O) groups is 1. The summed E-state index contributed by atoms with van der Waals surface area (Å²) in [5, 5.41) is 4.69. The van der Waals surface area contributed by atoms with Gasteiger partial charge in [0.2, 0.25) is 5.91 Å². The predicted molar refractivity (Wildman–Crippen MR) is 122 cm³/mol. The highest BCUT2D eigenvalue weighted by molar-refractivity contribution is 8.00. The minimum absolute atomic E-state index is 0. The molecule has 28 heavy (non-hydrogen) atoms. The third kappa shape index (κ3) is 4.46. The summed E-state index contributed by atoms with van der Waals surface area (Å²) in [5.41, 5.74) is 1.39. The Morgan fingerprint density at radius 1 is 1.14 bits per heavy atom. The molecule has 8 heteroatoms. The van der Waals surface area contributed by atoms with Crippen molar-refractivity contribution < 1.29 is 4.79 Å². The van der Waals surface area contributed by atoms with Crippen LogP contribution in [0, 0.1) is 0 Å². The number of aryl methyl sites for hydroxylation is 1. The summed E-state index contributed by atoms with van der Waals surface area (Å²) in [4.78, 5) is 18.7. The van der Waals surface area contributed by atoms with E-state index in [1.54, 1.807) is 11.8 Å². The highest BCUT2D eigenvalue weighted by Gasteiger charge is 2.41. The molecule has 2 fully saturated rings. The molecule has 0 aliphatic carbocycles. The van der Waals surface area contributed by atoms with Gasteiger partial charge in [0.05, 0.1) is 5.75 Å². The number of nitrogens with one attached hydrogen (secondary N) is 1. The first-order valence-corrected chi connectivity index (χ1v) is 10.4. The fourth-order valence-corrected chi connectivity index (χ4v) is 5.38. The number of hydrogen-bond acceptors (Lipinski definition) is 4. The van der Waals surface area contributed by atoms with Crippen molar-refractivity contribution in [1.29, 1.82) is 0 Å². The normalized spacial score (nSPS) is 19.3. The average molecular weight is 445 g/mol. The Labute approximate surface area is 184 Å². The number of nitrogens with zero attached hydrogens (tertiary/aromatic N) is 3. The van der Waals surface area contributed by atoms with E-state index in [1.165, 1.54) is 15.8 Å². The number of aromatic nitrogens is 1. The highest BCUT2D eigenvalue weighted by atomic mass is 35.5. The van der Waals surface area contributed by atoms with Crippen molar-refractivity contribution in [3.63, 3.8) is 0 Å². The first-order valence-electron chi connectivity index (χ1n) is 9.46. The van der Waals surface area contributed by atoms with Crippen LogP contribution in [0.5, 0.6) is 0 Å². The third-order valence-corrected chi connectivity index (χ3v) is 7.13. The van der Waals surface area contributed by atoms with Crippen molar-refractivity contribution in [1.82, 2.24) is 19.7 Å². The van der Waals surface area contributed by atoms with Gasteiger partial charge >= 0.3 is 0 Å². The van der Waals surface area contributed by atoms with Crippen LogP contribution in [0.2, 0.25) is 0 Å². The number of piperazine rings is 1. The molecule has 1 N–H and O–H groups in total. The quantitative estimate of drug-likeness (QED) is 0.738. The zero-order valence-electron chi connectivity index (χ0n) is 16.5. The Morgan fingerprint density at radius 3 is 2.61 bits per heavy atom. The molecule has 5 nitrogen and oxygen atoms in total. The molecule has 0 saturated carbocycles. The Kier molecular flexibility index (Phi) is 8.11. The maximum Gasteiger partial charge on any atom is 0.233 e. The Balaban J connectivity index is 0.00000140. The second kappa shape index (κ2) is 9.72. The number of rotatable bonds is 3. The lowest BCUT2D eigenvalue weighted by atomic mass is 9.84. The van der Waals surface area contributed by atoms with Crippen LogP contribution in [0.25, 0.3) is 10.9 Å². The molecule has 2 aliphatic heterocycles. The van der Waals surface area contributed by atoms with Crippen LogP contribution in [0.4, 0.5) is 0 Å². The van der Waals surface area contributed by atoms with Crippen LogP contribution in [0.1, 0.15) is 12.8 Å². The molecule has 1 amide bonds. The lowest BCUT2D eigenvalue weighted by molar-refractivity contribution is -0.134. The van der Waals surface area contributed by atoms with Crippen molar-refractivity contribution in [3.05, 3.63) is 30.5 Å². The van der Waals surface area contributed by atoms with Crippen molar-refractivity contribution in [2.24, 2.45) is 7.05 Å². The summed E-state index contributed by atoms with van der Waals surface area (Å²) in [6.45, 7) is 4.81. The molecule has 2 aromatic rings. The lowest BCUT2D eigenvalue weighted by Gasteiger charge is -2.51. The number of para-hydroxylation sites is 1. The van der Waals surface area contributed by atoms with Gasteiger partial charge < -0.3 is 14.8 Å². The van der Waals surface area contributed by atoms with Gasteiger partial charge in [-0.1, -0.05) is 18.2 Å². The lowest BCUT2D eigenvalue weighted by Crippen LogP contribution is -2.65. The number of halogens is 2. The zero-order chi connectivity index (χ0) is 18.1. The summed E-state index contributed by atoms with van der Waals surface area (Å²) >= 11 is 1.67. The van der Waals surface area contributed by atoms with Crippen LogP contribution in [-0.2, 0) is 11.8 Å². The van der Waals surface area contributed by atoms with E-state index in [1.807, 2.05) is 0 Å². The van der Waals surface area contributed by atoms with Gasteiger partial charge in [-0.25, -0.2) is 0 Å².